The fraction of sp³-hybridized carbons (Fsp3) is 0.619. The van der Waals surface area contributed by atoms with E-state index in [-0.39, 0.29) is 17.4 Å². The molecule has 0 unspecified atom stereocenters. The Kier molecular flexibility index (Phi) is 8.28. The molecule has 6 nitrogen and oxygen atoms in total. The highest BCUT2D eigenvalue weighted by Gasteiger charge is 2.30. The maximum absolute atomic E-state index is 12.2. The molecule has 0 N–H and O–H groups in total. The first-order valence-corrected chi connectivity index (χ1v) is 9.21. The average molecular weight is 379 g/mol. The van der Waals surface area contributed by atoms with Gasteiger partial charge < -0.3 is 19.1 Å². The van der Waals surface area contributed by atoms with Crippen LogP contribution in [0.3, 0.4) is 0 Å². The Morgan fingerprint density at radius 2 is 1.56 bits per heavy atom. The van der Waals surface area contributed by atoms with Crippen molar-refractivity contribution in [3.05, 3.63) is 29.8 Å². The molecular weight excluding hydrogens is 346 g/mol. The maximum atomic E-state index is 12.2. The Morgan fingerprint density at radius 1 is 0.963 bits per heavy atom. The van der Waals surface area contributed by atoms with E-state index >= 15 is 0 Å². The zero-order valence-corrected chi connectivity index (χ0v) is 17.6. The summed E-state index contributed by atoms with van der Waals surface area (Å²) in [5.41, 5.74) is -0.237. The van der Waals surface area contributed by atoms with E-state index < -0.39 is 5.60 Å². The molecule has 0 saturated heterocycles. The first-order chi connectivity index (χ1) is 12.4. The van der Waals surface area contributed by atoms with E-state index in [1.165, 1.54) is 6.92 Å². The standard InChI is InChI=1S/C21H33NO5/c1-16(23)17-8-10-18(11-9-17)26-15-14-25-13-12-21(5,6)22(7)19(24)27-20(2,3)4/h8-11H,12-15H2,1-7H3. The quantitative estimate of drug-likeness (QED) is 0.472. The molecule has 0 radical (unpaired) electrons. The monoisotopic (exact) mass is 379 g/mol. The molecule has 6 heteroatoms. The van der Waals surface area contributed by atoms with Gasteiger partial charge in [0.2, 0.25) is 0 Å². The van der Waals surface area contributed by atoms with Crippen LogP contribution in [0.25, 0.3) is 0 Å². The van der Waals surface area contributed by atoms with Crippen molar-refractivity contribution in [1.29, 1.82) is 0 Å². The minimum atomic E-state index is -0.516. The Morgan fingerprint density at radius 3 is 2.07 bits per heavy atom. The zero-order valence-electron chi connectivity index (χ0n) is 17.6. The van der Waals surface area contributed by atoms with Crippen molar-refractivity contribution < 1.29 is 23.8 Å². The maximum Gasteiger partial charge on any atom is 0.410 e. The third-order valence-electron chi connectivity index (χ3n) is 4.19. The van der Waals surface area contributed by atoms with E-state index in [2.05, 4.69) is 0 Å². The predicted octanol–water partition coefficient (Wildman–Crippen LogP) is 4.32. The molecule has 0 aliphatic carbocycles. The fourth-order valence-corrected chi connectivity index (χ4v) is 2.17. The Balaban J connectivity index is 2.29. The van der Waals surface area contributed by atoms with Crippen LogP contribution >= 0.6 is 0 Å². The summed E-state index contributed by atoms with van der Waals surface area (Å²) in [6.07, 6.45) is 0.334. The molecule has 1 aromatic rings. The number of benzene rings is 1. The number of hydrogen-bond donors (Lipinski definition) is 0. The number of ether oxygens (including phenoxy) is 3. The molecule has 1 rings (SSSR count). The van der Waals surface area contributed by atoms with Crippen molar-refractivity contribution in [3.8, 4) is 5.75 Å². The number of rotatable bonds is 9. The molecule has 1 amide bonds. The van der Waals surface area contributed by atoms with Crippen molar-refractivity contribution in [3.63, 3.8) is 0 Å². The molecule has 152 valence electrons. The third-order valence-corrected chi connectivity index (χ3v) is 4.19. The van der Waals surface area contributed by atoms with E-state index in [1.54, 1.807) is 36.2 Å². The normalized spacial score (nSPS) is 11.8. The van der Waals surface area contributed by atoms with E-state index in [0.717, 1.165) is 0 Å². The van der Waals surface area contributed by atoms with E-state index in [9.17, 15) is 9.59 Å². The highest BCUT2D eigenvalue weighted by molar-refractivity contribution is 5.94. The molecule has 0 aliphatic heterocycles. The minimum Gasteiger partial charge on any atom is -0.491 e. The number of carbonyl (C=O) groups excluding carboxylic acids is 2. The lowest BCUT2D eigenvalue weighted by Gasteiger charge is -2.36. The summed E-state index contributed by atoms with van der Waals surface area (Å²) in [5.74, 6) is 0.734. The average Bonchev–Trinajstić information content (AvgIpc) is 2.56. The van der Waals surface area contributed by atoms with E-state index in [0.29, 0.717) is 37.6 Å². The van der Waals surface area contributed by atoms with Crippen LogP contribution in [-0.2, 0) is 9.47 Å². The molecule has 1 aromatic carbocycles. The lowest BCUT2D eigenvalue weighted by Crippen LogP contribution is -2.47. The summed E-state index contributed by atoms with van der Waals surface area (Å²) in [6.45, 7) is 12.4. The summed E-state index contributed by atoms with van der Waals surface area (Å²) in [6, 6.07) is 7.03. The van der Waals surface area contributed by atoms with Gasteiger partial charge in [-0.3, -0.25) is 4.79 Å². The summed E-state index contributed by atoms with van der Waals surface area (Å²) >= 11 is 0. The van der Waals surface area contributed by atoms with Crippen LogP contribution in [0, 0.1) is 0 Å². The third kappa shape index (κ3) is 8.43. The first kappa shape index (κ1) is 23.0. The van der Waals surface area contributed by atoms with Gasteiger partial charge in [-0.05, 0) is 72.2 Å². The van der Waals surface area contributed by atoms with Gasteiger partial charge in [-0.15, -0.1) is 0 Å². The smallest absolute Gasteiger partial charge is 0.410 e. The zero-order chi connectivity index (χ0) is 20.7. The van der Waals surface area contributed by atoms with Crippen molar-refractivity contribution in [1.82, 2.24) is 4.90 Å². The van der Waals surface area contributed by atoms with Crippen molar-refractivity contribution in [2.45, 2.75) is 59.1 Å². The van der Waals surface area contributed by atoms with Crippen LogP contribution in [0.15, 0.2) is 24.3 Å². The van der Waals surface area contributed by atoms with E-state index in [1.807, 2.05) is 34.6 Å². The molecule has 0 bridgehead atoms. The Bertz CT molecular complexity index is 616. The van der Waals surface area contributed by atoms with Crippen LogP contribution < -0.4 is 4.74 Å². The lowest BCUT2D eigenvalue weighted by molar-refractivity contribution is 0.00259. The number of hydrogen-bond acceptors (Lipinski definition) is 5. The number of carbonyl (C=O) groups is 2. The van der Waals surface area contributed by atoms with Crippen LogP contribution in [0.5, 0.6) is 5.75 Å². The predicted molar refractivity (Wildman–Crippen MR) is 105 cm³/mol. The highest BCUT2D eigenvalue weighted by Crippen LogP contribution is 2.20. The van der Waals surface area contributed by atoms with Gasteiger partial charge in [0.1, 0.15) is 18.0 Å². The summed E-state index contributed by atoms with van der Waals surface area (Å²) in [7, 11) is 1.74. The summed E-state index contributed by atoms with van der Waals surface area (Å²) in [5, 5.41) is 0. The first-order valence-electron chi connectivity index (χ1n) is 9.21. The van der Waals surface area contributed by atoms with Gasteiger partial charge in [-0.2, -0.15) is 0 Å². The lowest BCUT2D eigenvalue weighted by atomic mass is 10.00. The number of nitrogens with zero attached hydrogens (tertiary/aromatic N) is 1. The van der Waals surface area contributed by atoms with Crippen molar-refractivity contribution in [2.24, 2.45) is 0 Å². The van der Waals surface area contributed by atoms with Crippen LogP contribution in [0.1, 0.15) is 58.3 Å². The number of amides is 1. The van der Waals surface area contributed by atoms with Gasteiger partial charge in [0.05, 0.1) is 6.61 Å². The second-order valence-electron chi connectivity index (χ2n) is 8.14. The minimum absolute atomic E-state index is 0.0313. The number of ketones is 1. The molecule has 0 aliphatic rings. The van der Waals surface area contributed by atoms with Crippen molar-refractivity contribution >= 4 is 11.9 Å². The molecule has 0 heterocycles. The second-order valence-corrected chi connectivity index (χ2v) is 8.14. The molecule has 0 fully saturated rings. The van der Waals surface area contributed by atoms with Gasteiger partial charge in [0.15, 0.2) is 5.78 Å². The number of Topliss-reactive ketones (excluding diaryl/α,β-unsaturated/α-hetero) is 1. The summed E-state index contributed by atoms with van der Waals surface area (Å²) < 4.78 is 16.6. The highest BCUT2D eigenvalue weighted by atomic mass is 16.6. The van der Waals surface area contributed by atoms with Crippen molar-refractivity contribution in [2.75, 3.05) is 26.9 Å². The Labute approximate surface area is 162 Å². The van der Waals surface area contributed by atoms with E-state index in [4.69, 9.17) is 14.2 Å². The van der Waals surface area contributed by atoms with Crippen LogP contribution in [0.4, 0.5) is 4.79 Å². The van der Waals surface area contributed by atoms with Gasteiger partial charge >= 0.3 is 6.09 Å². The SMILES string of the molecule is CC(=O)c1ccc(OCCOCCC(C)(C)N(C)C(=O)OC(C)(C)C)cc1. The molecular formula is C21H33NO5. The molecule has 0 atom stereocenters. The van der Waals surface area contributed by atoms with Gasteiger partial charge in [0.25, 0.3) is 0 Å². The molecule has 0 spiro atoms. The van der Waals surface area contributed by atoms with Crippen LogP contribution in [-0.4, -0.2) is 54.8 Å². The molecule has 0 saturated carbocycles. The summed E-state index contributed by atoms with van der Waals surface area (Å²) in [4.78, 5) is 25.0. The van der Waals surface area contributed by atoms with Gasteiger partial charge in [0, 0.05) is 24.8 Å². The van der Waals surface area contributed by atoms with Gasteiger partial charge in [-0.1, -0.05) is 0 Å². The topological polar surface area (TPSA) is 65.1 Å². The largest absolute Gasteiger partial charge is 0.491 e. The Hall–Kier alpha value is -2.08. The van der Waals surface area contributed by atoms with Crippen LogP contribution in [0.2, 0.25) is 0 Å². The van der Waals surface area contributed by atoms with Gasteiger partial charge in [-0.25, -0.2) is 4.79 Å². The fourth-order valence-electron chi connectivity index (χ4n) is 2.17. The molecule has 0 aromatic heterocycles. The second kappa shape index (κ2) is 9.74. The molecule has 27 heavy (non-hydrogen) atoms.